The first-order chi connectivity index (χ1) is 7.82. The van der Waals surface area contributed by atoms with Crippen LogP contribution in [0.25, 0.3) is 0 Å². The summed E-state index contributed by atoms with van der Waals surface area (Å²) in [5.41, 5.74) is -0.000823. The van der Waals surface area contributed by atoms with Crippen molar-refractivity contribution in [2.75, 3.05) is 0 Å². The molecule has 2 aliphatic carbocycles. The maximum atomic E-state index is 6.47. The zero-order valence-electron chi connectivity index (χ0n) is 11.8. The van der Waals surface area contributed by atoms with E-state index in [0.717, 1.165) is 11.8 Å². The van der Waals surface area contributed by atoms with Gasteiger partial charge in [0.2, 0.25) is 0 Å². The molecule has 0 saturated heterocycles. The summed E-state index contributed by atoms with van der Waals surface area (Å²) in [7, 11) is 12.9. The van der Waals surface area contributed by atoms with E-state index in [2.05, 4.69) is 20.8 Å². The molecule has 0 aromatic heterocycles. The average molecular weight is 228 g/mol. The molecule has 0 aromatic rings. The van der Waals surface area contributed by atoms with Gasteiger partial charge in [0.1, 0.15) is 0 Å². The minimum absolute atomic E-state index is 0.000823. The number of hydrogen-bond acceptors (Lipinski definition) is 0. The van der Waals surface area contributed by atoms with Crippen LogP contribution in [0.5, 0.6) is 0 Å². The zero-order valence-corrected chi connectivity index (χ0v) is 11.8. The van der Waals surface area contributed by atoms with Gasteiger partial charge >= 0.3 is 0 Å². The fraction of sp³-hybridized carbons (Fsp3) is 1.00. The van der Waals surface area contributed by atoms with Crippen molar-refractivity contribution < 1.29 is 0 Å². The molecule has 2 aliphatic rings. The van der Waals surface area contributed by atoms with Gasteiger partial charge in [0, 0.05) is 0 Å². The molecule has 0 amide bonds. The fourth-order valence-corrected chi connectivity index (χ4v) is 3.92. The van der Waals surface area contributed by atoms with Crippen molar-refractivity contribution in [3.63, 3.8) is 0 Å². The highest BCUT2D eigenvalue weighted by Crippen LogP contribution is 2.54. The van der Waals surface area contributed by atoms with Crippen LogP contribution in [0.2, 0.25) is 5.21 Å². The van der Waals surface area contributed by atoms with Crippen molar-refractivity contribution in [1.29, 1.82) is 0 Å². The van der Waals surface area contributed by atoms with E-state index in [0.29, 0.717) is 5.92 Å². The number of hydrogen-bond donors (Lipinski definition) is 0. The summed E-state index contributed by atoms with van der Waals surface area (Å²) >= 11 is 0. The van der Waals surface area contributed by atoms with Crippen molar-refractivity contribution in [3.05, 3.63) is 0 Å². The summed E-state index contributed by atoms with van der Waals surface area (Å²) in [6, 6.07) is 0. The van der Waals surface area contributed by atoms with E-state index >= 15 is 0 Å². The smallest absolute Gasteiger partial charge is 0.0631 e. The monoisotopic (exact) mass is 228 g/mol. The Labute approximate surface area is 110 Å². The lowest BCUT2D eigenvalue weighted by molar-refractivity contribution is 0.0959. The summed E-state index contributed by atoms with van der Waals surface area (Å²) < 4.78 is 0. The first-order valence-corrected chi connectivity index (χ1v) is 7.40. The molecule has 4 radical (unpaired) electrons. The van der Waals surface area contributed by atoms with Crippen molar-refractivity contribution in [2.45, 2.75) is 70.9 Å². The van der Waals surface area contributed by atoms with Gasteiger partial charge in [0.15, 0.2) is 0 Å². The molecule has 92 valence electrons. The highest BCUT2D eigenvalue weighted by Gasteiger charge is 2.43. The molecule has 2 fully saturated rings. The predicted molar refractivity (Wildman–Crippen MR) is 76.4 cm³/mol. The van der Waals surface area contributed by atoms with Gasteiger partial charge < -0.3 is 0 Å². The van der Waals surface area contributed by atoms with Crippen LogP contribution in [0.4, 0.5) is 0 Å². The van der Waals surface area contributed by atoms with Gasteiger partial charge in [-0.2, -0.15) is 0 Å². The fourth-order valence-electron chi connectivity index (χ4n) is 3.92. The molecular formula is C15H26B2. The SMILES string of the molecule is [B]C([B])(C1CCC2CCCCC2C1)C(C)(C)C. The van der Waals surface area contributed by atoms with Gasteiger partial charge in [0.05, 0.1) is 15.7 Å². The lowest BCUT2D eigenvalue weighted by Gasteiger charge is -2.51. The molecule has 0 N–H and O–H groups in total. The van der Waals surface area contributed by atoms with E-state index in [4.69, 9.17) is 15.7 Å². The van der Waals surface area contributed by atoms with Crippen molar-refractivity contribution in [3.8, 4) is 0 Å². The predicted octanol–water partition coefficient (Wildman–Crippen LogP) is 4.09. The van der Waals surface area contributed by atoms with Crippen LogP contribution in [0.3, 0.4) is 0 Å². The number of rotatable bonds is 1. The summed E-state index contributed by atoms with van der Waals surface area (Å²) in [5, 5.41) is -0.505. The van der Waals surface area contributed by atoms with Crippen molar-refractivity contribution in [1.82, 2.24) is 0 Å². The van der Waals surface area contributed by atoms with E-state index in [1.807, 2.05) is 0 Å². The standard InChI is InChI=1S/C15H26B2/c1-14(2,3)15(16,17)13-9-8-11-6-4-5-7-12(11)10-13/h11-13H,4-10H2,1-3H3. The molecule has 0 aromatic carbocycles. The highest BCUT2D eigenvalue weighted by molar-refractivity contribution is 6.40. The lowest BCUT2D eigenvalue weighted by Crippen LogP contribution is -2.41. The third-order valence-corrected chi connectivity index (χ3v) is 5.51. The Morgan fingerprint density at radius 1 is 0.824 bits per heavy atom. The maximum absolute atomic E-state index is 6.47. The second-order valence-corrected chi connectivity index (χ2v) is 7.50. The lowest BCUT2D eigenvalue weighted by atomic mass is 9.36. The van der Waals surface area contributed by atoms with Crippen LogP contribution in [0.1, 0.15) is 65.7 Å². The van der Waals surface area contributed by atoms with E-state index in [1.54, 1.807) is 0 Å². The molecule has 0 spiro atoms. The minimum atomic E-state index is -0.505. The van der Waals surface area contributed by atoms with Crippen LogP contribution in [-0.4, -0.2) is 15.7 Å². The van der Waals surface area contributed by atoms with Gasteiger partial charge in [0.25, 0.3) is 0 Å². The summed E-state index contributed by atoms with van der Waals surface area (Å²) in [6.45, 7) is 6.54. The molecule has 2 rings (SSSR count). The van der Waals surface area contributed by atoms with Crippen molar-refractivity contribution >= 4 is 15.7 Å². The van der Waals surface area contributed by atoms with Crippen LogP contribution in [-0.2, 0) is 0 Å². The molecule has 0 nitrogen and oxygen atoms in total. The van der Waals surface area contributed by atoms with E-state index in [1.165, 1.54) is 44.9 Å². The maximum Gasteiger partial charge on any atom is 0.0631 e. The Kier molecular flexibility index (Phi) is 3.72. The molecule has 3 atom stereocenters. The second-order valence-electron chi connectivity index (χ2n) is 7.50. The quantitative estimate of drug-likeness (QED) is 0.592. The Bertz CT molecular complexity index is 265. The zero-order chi connectivity index (χ0) is 12.7. The molecule has 0 aliphatic heterocycles. The first-order valence-electron chi connectivity index (χ1n) is 7.40. The van der Waals surface area contributed by atoms with E-state index < -0.39 is 5.21 Å². The van der Waals surface area contributed by atoms with Gasteiger partial charge in [-0.3, -0.25) is 0 Å². The van der Waals surface area contributed by atoms with Gasteiger partial charge in [-0.25, -0.2) is 0 Å². The topological polar surface area (TPSA) is 0 Å². The normalized spacial score (nSPS) is 35.4. The molecule has 2 heteroatoms. The third kappa shape index (κ3) is 2.61. The Morgan fingerprint density at radius 2 is 1.41 bits per heavy atom. The number of fused-ring (bicyclic) bond motifs is 1. The molecule has 2 saturated carbocycles. The van der Waals surface area contributed by atoms with Crippen molar-refractivity contribution in [2.24, 2.45) is 23.2 Å². The van der Waals surface area contributed by atoms with Crippen LogP contribution < -0.4 is 0 Å². The third-order valence-electron chi connectivity index (χ3n) is 5.51. The summed E-state index contributed by atoms with van der Waals surface area (Å²) in [6.07, 6.45) is 9.62. The molecule has 0 heterocycles. The largest absolute Gasteiger partial charge is 0.0916 e. The Hall–Kier alpha value is 0.130. The van der Waals surface area contributed by atoms with Gasteiger partial charge in [-0.15, -0.1) is 0 Å². The van der Waals surface area contributed by atoms with Crippen LogP contribution >= 0.6 is 0 Å². The Balaban J connectivity index is 2.04. The molecule has 0 bridgehead atoms. The average Bonchev–Trinajstić information content (AvgIpc) is 2.27. The summed E-state index contributed by atoms with van der Waals surface area (Å²) in [4.78, 5) is 0. The minimum Gasteiger partial charge on any atom is -0.0916 e. The van der Waals surface area contributed by atoms with Gasteiger partial charge in [-0.05, 0) is 30.1 Å². The van der Waals surface area contributed by atoms with E-state index in [9.17, 15) is 0 Å². The van der Waals surface area contributed by atoms with Gasteiger partial charge in [-0.1, -0.05) is 64.0 Å². The summed E-state index contributed by atoms with van der Waals surface area (Å²) in [5.74, 6) is 2.41. The van der Waals surface area contributed by atoms with Crippen LogP contribution in [0, 0.1) is 23.2 Å². The second kappa shape index (κ2) is 4.67. The first kappa shape index (κ1) is 13.6. The van der Waals surface area contributed by atoms with E-state index in [-0.39, 0.29) is 5.41 Å². The molecular weight excluding hydrogens is 202 g/mol. The van der Waals surface area contributed by atoms with Crippen LogP contribution in [0.15, 0.2) is 0 Å². The highest BCUT2D eigenvalue weighted by atomic mass is 14.4. The Morgan fingerprint density at radius 3 is 2.00 bits per heavy atom. The molecule has 17 heavy (non-hydrogen) atoms. The molecule has 3 unspecified atom stereocenters.